The molecule has 0 atom stereocenters. The quantitative estimate of drug-likeness (QED) is 0.434. The fourth-order valence-electron chi connectivity index (χ4n) is 2.66. The lowest BCUT2D eigenvalue weighted by molar-refractivity contribution is -0.384. The number of hydrogen-bond donors (Lipinski definition) is 1. The van der Waals surface area contributed by atoms with Gasteiger partial charge in [0.1, 0.15) is 5.02 Å². The Morgan fingerprint density at radius 1 is 1.27 bits per heavy atom. The first kappa shape index (κ1) is 23.3. The lowest BCUT2D eigenvalue weighted by atomic mass is 10.2. The molecule has 11 heteroatoms. The summed E-state index contributed by atoms with van der Waals surface area (Å²) in [5.41, 5.74) is 0.659. The van der Waals surface area contributed by atoms with E-state index in [0.29, 0.717) is 6.54 Å². The SMILES string of the molecule is CCOc1cc(CN(C)CC(=O)Nc2ccc(Cl)c([N+](=O)[O-])c2)ccc1OC(F)F. The Kier molecular flexibility index (Phi) is 8.31. The van der Waals surface area contributed by atoms with Gasteiger partial charge in [-0.25, -0.2) is 0 Å². The summed E-state index contributed by atoms with van der Waals surface area (Å²) in [4.78, 5) is 24.2. The molecule has 0 spiro atoms. The van der Waals surface area contributed by atoms with E-state index in [-0.39, 0.29) is 41.0 Å². The second-order valence-corrected chi connectivity index (χ2v) is 6.64. The Labute approximate surface area is 176 Å². The minimum absolute atomic E-state index is 0.0182. The third kappa shape index (κ3) is 6.82. The van der Waals surface area contributed by atoms with Gasteiger partial charge in [-0.2, -0.15) is 8.78 Å². The molecule has 0 unspecified atom stereocenters. The number of nitro benzene ring substituents is 1. The van der Waals surface area contributed by atoms with Crippen molar-refractivity contribution in [2.24, 2.45) is 0 Å². The number of nitro groups is 1. The number of hydrogen-bond acceptors (Lipinski definition) is 6. The van der Waals surface area contributed by atoms with Gasteiger partial charge in [-0.3, -0.25) is 19.8 Å². The second kappa shape index (κ2) is 10.7. The van der Waals surface area contributed by atoms with Crippen LogP contribution in [0.5, 0.6) is 11.5 Å². The average molecular weight is 444 g/mol. The molecule has 0 saturated heterocycles. The first-order chi connectivity index (χ1) is 14.2. The fourth-order valence-corrected chi connectivity index (χ4v) is 2.84. The molecule has 30 heavy (non-hydrogen) atoms. The van der Waals surface area contributed by atoms with E-state index < -0.39 is 17.4 Å². The molecule has 0 aromatic heterocycles. The maximum Gasteiger partial charge on any atom is 0.387 e. The predicted molar refractivity (Wildman–Crippen MR) is 107 cm³/mol. The molecule has 0 aliphatic rings. The van der Waals surface area contributed by atoms with Gasteiger partial charge in [0.2, 0.25) is 5.91 Å². The number of benzene rings is 2. The number of carbonyl (C=O) groups is 1. The number of carbonyl (C=O) groups excluding carboxylic acids is 1. The van der Waals surface area contributed by atoms with Crippen LogP contribution in [0.1, 0.15) is 12.5 Å². The minimum Gasteiger partial charge on any atom is -0.490 e. The summed E-state index contributed by atoms with van der Waals surface area (Å²) in [5.74, 6) is -0.279. The highest BCUT2D eigenvalue weighted by Gasteiger charge is 2.16. The third-order valence-electron chi connectivity index (χ3n) is 3.82. The maximum atomic E-state index is 12.5. The van der Waals surface area contributed by atoms with E-state index in [1.54, 1.807) is 31.0 Å². The van der Waals surface area contributed by atoms with Crippen LogP contribution in [0, 0.1) is 10.1 Å². The molecule has 2 aromatic rings. The fraction of sp³-hybridized carbons (Fsp3) is 0.316. The molecule has 0 radical (unpaired) electrons. The second-order valence-electron chi connectivity index (χ2n) is 6.24. The van der Waals surface area contributed by atoms with Gasteiger partial charge in [0.25, 0.3) is 5.69 Å². The van der Waals surface area contributed by atoms with Crippen LogP contribution >= 0.6 is 11.6 Å². The number of halogens is 3. The molecule has 0 fully saturated rings. The number of nitrogens with zero attached hydrogens (tertiary/aromatic N) is 2. The van der Waals surface area contributed by atoms with Gasteiger partial charge >= 0.3 is 6.61 Å². The van der Waals surface area contributed by atoms with Gasteiger partial charge in [-0.05, 0) is 43.8 Å². The molecular formula is C19H20ClF2N3O5. The van der Waals surface area contributed by atoms with E-state index in [1.165, 1.54) is 24.3 Å². The van der Waals surface area contributed by atoms with Crippen molar-refractivity contribution in [2.75, 3.05) is 25.5 Å². The van der Waals surface area contributed by atoms with Crippen LogP contribution < -0.4 is 14.8 Å². The first-order valence-corrected chi connectivity index (χ1v) is 9.20. The van der Waals surface area contributed by atoms with Crippen molar-refractivity contribution in [2.45, 2.75) is 20.1 Å². The zero-order valence-corrected chi connectivity index (χ0v) is 17.0. The zero-order chi connectivity index (χ0) is 22.3. The standard InChI is InChI=1S/C19H20ClF2N3O5/c1-3-29-17-8-12(4-7-16(17)30-19(21)22)10-24(2)11-18(26)23-13-5-6-14(20)15(9-13)25(27)28/h4-9,19H,3,10-11H2,1-2H3,(H,23,26). The molecule has 0 aliphatic heterocycles. The molecule has 8 nitrogen and oxygen atoms in total. The molecule has 2 rings (SSSR count). The van der Waals surface area contributed by atoms with Crippen molar-refractivity contribution < 1.29 is 28.0 Å². The summed E-state index contributed by atoms with van der Waals surface area (Å²) in [6.07, 6.45) is 0. The van der Waals surface area contributed by atoms with Gasteiger partial charge in [-0.1, -0.05) is 17.7 Å². The third-order valence-corrected chi connectivity index (χ3v) is 4.14. The van der Waals surface area contributed by atoms with Crippen LogP contribution in [0.2, 0.25) is 5.02 Å². The number of ether oxygens (including phenoxy) is 2. The highest BCUT2D eigenvalue weighted by atomic mass is 35.5. The number of amides is 1. The lowest BCUT2D eigenvalue weighted by Crippen LogP contribution is -2.29. The first-order valence-electron chi connectivity index (χ1n) is 8.82. The lowest BCUT2D eigenvalue weighted by Gasteiger charge is -2.18. The van der Waals surface area contributed by atoms with Crippen LogP contribution in [0.25, 0.3) is 0 Å². The number of alkyl halides is 2. The Morgan fingerprint density at radius 3 is 2.63 bits per heavy atom. The molecule has 0 bridgehead atoms. The molecule has 2 aromatic carbocycles. The summed E-state index contributed by atoms with van der Waals surface area (Å²) < 4.78 is 34.7. The maximum absolute atomic E-state index is 12.5. The van der Waals surface area contributed by atoms with Crippen molar-refractivity contribution in [3.8, 4) is 11.5 Å². The largest absolute Gasteiger partial charge is 0.490 e. The Balaban J connectivity index is 2.00. The minimum atomic E-state index is -2.97. The summed E-state index contributed by atoms with van der Waals surface area (Å²) in [6, 6.07) is 8.51. The molecule has 0 aliphatic carbocycles. The highest BCUT2D eigenvalue weighted by Crippen LogP contribution is 2.30. The van der Waals surface area contributed by atoms with E-state index in [9.17, 15) is 23.7 Å². The van der Waals surface area contributed by atoms with Gasteiger partial charge in [0, 0.05) is 18.3 Å². The van der Waals surface area contributed by atoms with Gasteiger partial charge < -0.3 is 14.8 Å². The van der Waals surface area contributed by atoms with Crippen molar-refractivity contribution in [3.05, 3.63) is 57.1 Å². The Bertz CT molecular complexity index is 914. The predicted octanol–water partition coefficient (Wildman–Crippen LogP) is 4.32. The monoisotopic (exact) mass is 443 g/mol. The molecule has 0 saturated carbocycles. The van der Waals surface area contributed by atoms with E-state index in [4.69, 9.17) is 16.3 Å². The Morgan fingerprint density at radius 2 is 2.00 bits per heavy atom. The van der Waals surface area contributed by atoms with Crippen LogP contribution in [0.4, 0.5) is 20.2 Å². The van der Waals surface area contributed by atoms with E-state index in [1.807, 2.05) is 0 Å². The molecule has 1 N–H and O–H groups in total. The van der Waals surface area contributed by atoms with Crippen molar-refractivity contribution in [3.63, 3.8) is 0 Å². The number of likely N-dealkylation sites (N-methyl/N-ethyl adjacent to an activating group) is 1. The van der Waals surface area contributed by atoms with Crippen LogP contribution in [0.3, 0.4) is 0 Å². The van der Waals surface area contributed by atoms with Crippen molar-refractivity contribution in [1.82, 2.24) is 4.90 Å². The summed E-state index contributed by atoms with van der Waals surface area (Å²) in [5, 5.41) is 13.5. The smallest absolute Gasteiger partial charge is 0.387 e. The topological polar surface area (TPSA) is 93.9 Å². The number of anilines is 1. The Hall–Kier alpha value is -2.98. The number of nitrogens with one attached hydrogen (secondary N) is 1. The molecule has 0 heterocycles. The van der Waals surface area contributed by atoms with E-state index in [2.05, 4.69) is 10.1 Å². The van der Waals surface area contributed by atoms with Crippen LogP contribution in [-0.4, -0.2) is 42.5 Å². The van der Waals surface area contributed by atoms with E-state index >= 15 is 0 Å². The molecule has 1 amide bonds. The highest BCUT2D eigenvalue weighted by molar-refractivity contribution is 6.32. The summed E-state index contributed by atoms with van der Waals surface area (Å²) in [6.45, 7) is -0.672. The van der Waals surface area contributed by atoms with Crippen LogP contribution in [0.15, 0.2) is 36.4 Å². The van der Waals surface area contributed by atoms with Crippen LogP contribution in [-0.2, 0) is 11.3 Å². The van der Waals surface area contributed by atoms with Crippen molar-refractivity contribution >= 4 is 28.9 Å². The molecular weight excluding hydrogens is 424 g/mol. The van der Waals surface area contributed by atoms with Gasteiger partial charge in [0.05, 0.1) is 18.1 Å². The number of rotatable bonds is 10. The normalized spacial score (nSPS) is 10.9. The summed E-state index contributed by atoms with van der Waals surface area (Å²) >= 11 is 5.75. The van der Waals surface area contributed by atoms with Gasteiger partial charge in [-0.15, -0.1) is 0 Å². The van der Waals surface area contributed by atoms with E-state index in [0.717, 1.165) is 5.56 Å². The average Bonchev–Trinajstić information content (AvgIpc) is 2.65. The molecule has 162 valence electrons. The zero-order valence-electron chi connectivity index (χ0n) is 16.2. The van der Waals surface area contributed by atoms with Crippen molar-refractivity contribution in [1.29, 1.82) is 0 Å². The van der Waals surface area contributed by atoms with Gasteiger partial charge in [0.15, 0.2) is 11.5 Å². The summed E-state index contributed by atoms with van der Waals surface area (Å²) in [7, 11) is 1.69.